The highest BCUT2D eigenvalue weighted by Gasteiger charge is 2.20. The van der Waals surface area contributed by atoms with E-state index in [1.54, 1.807) is 0 Å². The van der Waals surface area contributed by atoms with E-state index in [2.05, 4.69) is 18.3 Å². The molecular formula is C15H22ClNO. The third kappa shape index (κ3) is 3.25. The monoisotopic (exact) mass is 267 g/mol. The van der Waals surface area contributed by atoms with E-state index in [9.17, 15) is 0 Å². The average Bonchev–Trinajstić information content (AvgIpc) is 2.41. The van der Waals surface area contributed by atoms with Gasteiger partial charge in [0, 0.05) is 24.3 Å². The van der Waals surface area contributed by atoms with Gasteiger partial charge in [-0.3, -0.25) is 0 Å². The Morgan fingerprint density at radius 1 is 1.39 bits per heavy atom. The third-order valence-electron chi connectivity index (χ3n) is 3.94. The maximum Gasteiger partial charge on any atom is 0.0468 e. The van der Waals surface area contributed by atoms with Crippen LogP contribution in [0, 0.1) is 12.8 Å². The van der Waals surface area contributed by atoms with Crippen molar-refractivity contribution in [3.8, 4) is 0 Å². The van der Waals surface area contributed by atoms with Crippen LogP contribution in [0.3, 0.4) is 0 Å². The molecule has 0 aliphatic carbocycles. The van der Waals surface area contributed by atoms with Gasteiger partial charge in [-0.1, -0.05) is 23.7 Å². The lowest BCUT2D eigenvalue weighted by Crippen LogP contribution is -2.24. The van der Waals surface area contributed by atoms with Crippen LogP contribution in [0.1, 0.15) is 36.4 Å². The molecule has 1 saturated heterocycles. The largest absolute Gasteiger partial charge is 0.381 e. The molecule has 0 radical (unpaired) electrons. The fourth-order valence-corrected chi connectivity index (χ4v) is 2.90. The Hall–Kier alpha value is -0.570. The number of ether oxygens (including phenoxy) is 1. The number of rotatable bonds is 4. The minimum Gasteiger partial charge on any atom is -0.381 e. The molecule has 1 aromatic carbocycles. The van der Waals surface area contributed by atoms with Gasteiger partial charge >= 0.3 is 0 Å². The maximum absolute atomic E-state index is 6.21. The van der Waals surface area contributed by atoms with Crippen molar-refractivity contribution in [2.75, 3.05) is 20.3 Å². The fraction of sp³-hybridized carbons (Fsp3) is 0.600. The topological polar surface area (TPSA) is 21.3 Å². The van der Waals surface area contributed by atoms with E-state index in [4.69, 9.17) is 16.3 Å². The van der Waals surface area contributed by atoms with Crippen molar-refractivity contribution in [1.82, 2.24) is 5.32 Å². The Morgan fingerprint density at radius 2 is 2.11 bits per heavy atom. The van der Waals surface area contributed by atoms with Crippen molar-refractivity contribution in [2.45, 2.75) is 32.2 Å². The zero-order chi connectivity index (χ0) is 13.0. The second-order valence-electron chi connectivity index (χ2n) is 5.09. The van der Waals surface area contributed by atoms with Crippen molar-refractivity contribution >= 4 is 11.6 Å². The lowest BCUT2D eigenvalue weighted by molar-refractivity contribution is 0.0608. The predicted octanol–water partition coefficient (Wildman–Crippen LogP) is 3.73. The summed E-state index contributed by atoms with van der Waals surface area (Å²) in [5.74, 6) is 0.759. The van der Waals surface area contributed by atoms with Gasteiger partial charge in [0.05, 0.1) is 0 Å². The molecule has 1 aliphatic heterocycles. The molecule has 1 atom stereocenters. The van der Waals surface area contributed by atoms with Gasteiger partial charge in [0.1, 0.15) is 0 Å². The van der Waals surface area contributed by atoms with E-state index in [0.29, 0.717) is 6.04 Å². The van der Waals surface area contributed by atoms with Crippen molar-refractivity contribution < 1.29 is 4.74 Å². The first-order valence-corrected chi connectivity index (χ1v) is 7.10. The Labute approximate surface area is 115 Å². The van der Waals surface area contributed by atoms with Crippen LogP contribution in [0.15, 0.2) is 18.2 Å². The van der Waals surface area contributed by atoms with Gasteiger partial charge in [0.25, 0.3) is 0 Å². The minimum absolute atomic E-state index is 0.395. The molecule has 0 amide bonds. The van der Waals surface area contributed by atoms with Crippen LogP contribution in [0.2, 0.25) is 5.02 Å². The summed E-state index contributed by atoms with van der Waals surface area (Å²) in [6.45, 7) is 3.93. The predicted molar refractivity (Wildman–Crippen MR) is 76.1 cm³/mol. The highest BCUT2D eigenvalue weighted by Crippen LogP contribution is 2.31. The molecule has 100 valence electrons. The minimum atomic E-state index is 0.395. The highest BCUT2D eigenvalue weighted by atomic mass is 35.5. The summed E-state index contributed by atoms with van der Waals surface area (Å²) in [5, 5.41) is 4.30. The molecule has 18 heavy (non-hydrogen) atoms. The summed E-state index contributed by atoms with van der Waals surface area (Å²) in [4.78, 5) is 0. The van der Waals surface area contributed by atoms with Gasteiger partial charge in [0.15, 0.2) is 0 Å². The molecule has 1 fully saturated rings. The molecule has 1 N–H and O–H groups in total. The second-order valence-corrected chi connectivity index (χ2v) is 5.49. The van der Waals surface area contributed by atoms with Gasteiger partial charge in [-0.25, -0.2) is 0 Å². The highest BCUT2D eigenvalue weighted by molar-refractivity contribution is 6.31. The standard InChI is InChI=1S/C15H22ClNO/c1-11-13(4-3-5-14(11)16)15(17-2)10-12-6-8-18-9-7-12/h3-5,12,15,17H,6-10H2,1-2H3. The lowest BCUT2D eigenvalue weighted by atomic mass is 9.88. The average molecular weight is 268 g/mol. The van der Waals surface area contributed by atoms with Crippen molar-refractivity contribution in [3.05, 3.63) is 34.3 Å². The van der Waals surface area contributed by atoms with Gasteiger partial charge in [0.2, 0.25) is 0 Å². The summed E-state index contributed by atoms with van der Waals surface area (Å²) in [5.41, 5.74) is 2.53. The first kappa shape index (κ1) is 13.9. The van der Waals surface area contributed by atoms with Gasteiger partial charge in [-0.15, -0.1) is 0 Å². The number of benzene rings is 1. The SMILES string of the molecule is CNC(CC1CCOCC1)c1cccc(Cl)c1C. The molecule has 1 aliphatic rings. The third-order valence-corrected chi connectivity index (χ3v) is 4.35. The molecule has 1 aromatic rings. The molecule has 3 heteroatoms. The summed E-state index contributed by atoms with van der Waals surface area (Å²) in [6.07, 6.45) is 3.52. The quantitative estimate of drug-likeness (QED) is 0.898. The molecule has 2 nitrogen and oxygen atoms in total. The van der Waals surface area contributed by atoms with Crippen LogP contribution in [-0.4, -0.2) is 20.3 Å². The van der Waals surface area contributed by atoms with Gasteiger partial charge < -0.3 is 10.1 Å². The Balaban J connectivity index is 2.09. The maximum atomic E-state index is 6.21. The van der Waals surface area contributed by atoms with Crippen LogP contribution in [-0.2, 0) is 4.74 Å². The van der Waals surface area contributed by atoms with Gasteiger partial charge in [-0.05, 0) is 56.3 Å². The summed E-state index contributed by atoms with van der Waals surface area (Å²) in [7, 11) is 2.03. The molecule has 1 unspecified atom stereocenters. The van der Waals surface area contributed by atoms with Crippen molar-refractivity contribution in [1.29, 1.82) is 0 Å². The van der Waals surface area contributed by atoms with E-state index in [-0.39, 0.29) is 0 Å². The summed E-state index contributed by atoms with van der Waals surface area (Å²) >= 11 is 6.21. The number of hydrogen-bond acceptors (Lipinski definition) is 2. The van der Waals surface area contributed by atoms with Crippen molar-refractivity contribution in [2.24, 2.45) is 5.92 Å². The Morgan fingerprint density at radius 3 is 2.78 bits per heavy atom. The Kier molecular flexibility index (Phi) is 5.04. The number of nitrogens with one attached hydrogen (secondary N) is 1. The first-order chi connectivity index (χ1) is 8.72. The number of hydrogen-bond donors (Lipinski definition) is 1. The van der Waals surface area contributed by atoms with E-state index in [1.807, 2.05) is 19.2 Å². The van der Waals surface area contributed by atoms with Crippen LogP contribution in [0.25, 0.3) is 0 Å². The van der Waals surface area contributed by atoms with E-state index in [0.717, 1.165) is 24.2 Å². The molecular weight excluding hydrogens is 246 g/mol. The van der Waals surface area contributed by atoms with Crippen LogP contribution in [0.4, 0.5) is 0 Å². The second kappa shape index (κ2) is 6.55. The van der Waals surface area contributed by atoms with Crippen molar-refractivity contribution in [3.63, 3.8) is 0 Å². The van der Waals surface area contributed by atoms with E-state index < -0.39 is 0 Å². The zero-order valence-corrected chi connectivity index (χ0v) is 12.0. The summed E-state index contributed by atoms with van der Waals surface area (Å²) < 4.78 is 5.42. The normalized spacial score (nSPS) is 18.8. The van der Waals surface area contributed by atoms with E-state index in [1.165, 1.54) is 30.4 Å². The molecule has 0 spiro atoms. The molecule has 2 rings (SSSR count). The van der Waals surface area contributed by atoms with E-state index >= 15 is 0 Å². The lowest BCUT2D eigenvalue weighted by Gasteiger charge is -2.27. The molecule has 1 heterocycles. The molecule has 0 aromatic heterocycles. The molecule has 0 bridgehead atoms. The number of halogens is 1. The smallest absolute Gasteiger partial charge is 0.0468 e. The summed E-state index contributed by atoms with van der Waals surface area (Å²) in [6, 6.07) is 6.58. The Bertz CT molecular complexity index is 388. The van der Waals surface area contributed by atoms with Crippen LogP contribution in [0.5, 0.6) is 0 Å². The van der Waals surface area contributed by atoms with Gasteiger partial charge in [-0.2, -0.15) is 0 Å². The van der Waals surface area contributed by atoms with Crippen LogP contribution >= 0.6 is 11.6 Å². The zero-order valence-electron chi connectivity index (χ0n) is 11.2. The fourth-order valence-electron chi connectivity index (χ4n) is 2.72. The van der Waals surface area contributed by atoms with Crippen LogP contribution < -0.4 is 5.32 Å². The molecule has 0 saturated carbocycles. The first-order valence-electron chi connectivity index (χ1n) is 6.72.